The standard InChI is InChI=1S/C24H25NO6S2/c1-3-30-20-14-17(6-9-19(20)31-13-11-22(26)27)15-21-23(28)25(24(32)33-21)12-10-16-4-7-18(29-2)8-5-16/h4-9,14-15H,3,10-13H2,1-2H3,(H,26,27)/b21-15+. The molecule has 1 aliphatic heterocycles. The maximum Gasteiger partial charge on any atom is 0.306 e. The van der Waals surface area contributed by atoms with Crippen molar-refractivity contribution in [2.45, 2.75) is 19.8 Å². The van der Waals surface area contributed by atoms with E-state index in [2.05, 4.69) is 0 Å². The molecule has 0 spiro atoms. The normalized spacial score (nSPS) is 14.6. The molecule has 1 fully saturated rings. The number of amides is 1. The highest BCUT2D eigenvalue weighted by Gasteiger charge is 2.31. The molecular weight excluding hydrogens is 462 g/mol. The number of nitrogens with zero attached hydrogens (tertiary/aromatic N) is 1. The molecule has 0 radical (unpaired) electrons. The molecule has 9 heteroatoms. The van der Waals surface area contributed by atoms with E-state index in [9.17, 15) is 9.59 Å². The van der Waals surface area contributed by atoms with Gasteiger partial charge >= 0.3 is 5.97 Å². The van der Waals surface area contributed by atoms with Crippen LogP contribution in [0.15, 0.2) is 47.4 Å². The van der Waals surface area contributed by atoms with Crippen molar-refractivity contribution in [1.82, 2.24) is 4.90 Å². The van der Waals surface area contributed by atoms with Crippen LogP contribution in [0.2, 0.25) is 0 Å². The summed E-state index contributed by atoms with van der Waals surface area (Å²) in [5.74, 6) is 0.683. The Morgan fingerprint density at radius 2 is 1.91 bits per heavy atom. The average Bonchev–Trinajstić information content (AvgIpc) is 3.06. The van der Waals surface area contributed by atoms with Crippen LogP contribution in [0, 0.1) is 0 Å². The number of thiocarbonyl (C=S) groups is 1. The van der Waals surface area contributed by atoms with Crippen molar-refractivity contribution in [1.29, 1.82) is 0 Å². The summed E-state index contributed by atoms with van der Waals surface area (Å²) in [6.45, 7) is 2.81. The third-order valence-corrected chi connectivity index (χ3v) is 6.17. The molecule has 2 aromatic rings. The molecule has 0 aromatic heterocycles. The molecule has 174 valence electrons. The SMILES string of the molecule is CCOc1cc(/C=C2/SC(=S)N(CCc3ccc(OC)cc3)C2=O)ccc1OCCC(=O)O. The van der Waals surface area contributed by atoms with Crippen LogP contribution < -0.4 is 14.2 Å². The van der Waals surface area contributed by atoms with Gasteiger partial charge in [-0.1, -0.05) is 42.2 Å². The molecule has 0 atom stereocenters. The van der Waals surface area contributed by atoms with Gasteiger partial charge in [-0.05, 0) is 54.8 Å². The lowest BCUT2D eigenvalue weighted by Gasteiger charge is -2.14. The van der Waals surface area contributed by atoms with E-state index in [-0.39, 0.29) is 18.9 Å². The molecule has 0 saturated carbocycles. The minimum Gasteiger partial charge on any atom is -0.497 e. The van der Waals surface area contributed by atoms with Crippen molar-refractivity contribution < 1.29 is 28.9 Å². The van der Waals surface area contributed by atoms with Crippen molar-refractivity contribution in [2.75, 3.05) is 26.9 Å². The largest absolute Gasteiger partial charge is 0.497 e. The van der Waals surface area contributed by atoms with Crippen LogP contribution >= 0.6 is 24.0 Å². The zero-order valence-electron chi connectivity index (χ0n) is 18.4. The van der Waals surface area contributed by atoms with Crippen LogP contribution in [-0.4, -0.2) is 53.1 Å². The van der Waals surface area contributed by atoms with Crippen molar-refractivity contribution in [3.63, 3.8) is 0 Å². The van der Waals surface area contributed by atoms with Crippen LogP contribution in [0.1, 0.15) is 24.5 Å². The van der Waals surface area contributed by atoms with Crippen LogP contribution in [-0.2, 0) is 16.0 Å². The molecule has 33 heavy (non-hydrogen) atoms. The van der Waals surface area contributed by atoms with E-state index < -0.39 is 5.97 Å². The van der Waals surface area contributed by atoms with E-state index in [0.717, 1.165) is 16.9 Å². The lowest BCUT2D eigenvalue weighted by atomic mass is 10.1. The Morgan fingerprint density at radius 3 is 2.58 bits per heavy atom. The highest BCUT2D eigenvalue weighted by molar-refractivity contribution is 8.26. The molecule has 7 nitrogen and oxygen atoms in total. The van der Waals surface area contributed by atoms with Gasteiger partial charge in [0.2, 0.25) is 0 Å². The summed E-state index contributed by atoms with van der Waals surface area (Å²) >= 11 is 6.71. The molecule has 2 aromatic carbocycles. The molecule has 1 N–H and O–H groups in total. The molecule has 1 heterocycles. The minimum absolute atomic E-state index is 0.0433. The second-order valence-corrected chi connectivity index (χ2v) is 8.74. The Morgan fingerprint density at radius 1 is 1.15 bits per heavy atom. The Kier molecular flexibility index (Phi) is 8.73. The van der Waals surface area contributed by atoms with E-state index in [1.807, 2.05) is 31.2 Å². The topological polar surface area (TPSA) is 85.3 Å². The molecule has 1 aliphatic rings. The molecule has 3 rings (SSSR count). The second kappa shape index (κ2) is 11.7. The number of carbonyl (C=O) groups is 2. The number of benzene rings is 2. The van der Waals surface area contributed by atoms with E-state index >= 15 is 0 Å². The molecule has 0 aliphatic carbocycles. The summed E-state index contributed by atoms with van der Waals surface area (Å²) in [5.41, 5.74) is 1.85. The first-order valence-corrected chi connectivity index (χ1v) is 11.6. The molecule has 1 saturated heterocycles. The molecule has 0 bridgehead atoms. The van der Waals surface area contributed by atoms with Crippen molar-refractivity contribution in [2.24, 2.45) is 0 Å². The van der Waals surface area contributed by atoms with Gasteiger partial charge in [0.05, 0.1) is 31.6 Å². The number of methoxy groups -OCH3 is 1. The van der Waals surface area contributed by atoms with Gasteiger partial charge in [0, 0.05) is 6.54 Å². The quantitative estimate of drug-likeness (QED) is 0.369. The number of thioether (sulfide) groups is 1. The fraction of sp³-hybridized carbons (Fsp3) is 0.292. The molecular formula is C24H25NO6S2. The number of hydrogen-bond donors (Lipinski definition) is 1. The summed E-state index contributed by atoms with van der Waals surface area (Å²) in [4.78, 5) is 25.8. The minimum atomic E-state index is -0.932. The highest BCUT2D eigenvalue weighted by Crippen LogP contribution is 2.35. The zero-order valence-corrected chi connectivity index (χ0v) is 20.0. The lowest BCUT2D eigenvalue weighted by molar-refractivity contribution is -0.137. The number of carboxylic acid groups (broad SMARTS) is 1. The first-order chi connectivity index (χ1) is 15.9. The van der Waals surface area contributed by atoms with Gasteiger partial charge in [0.25, 0.3) is 5.91 Å². The predicted molar refractivity (Wildman–Crippen MR) is 132 cm³/mol. The average molecular weight is 488 g/mol. The van der Waals surface area contributed by atoms with Gasteiger partial charge in [-0.25, -0.2) is 0 Å². The van der Waals surface area contributed by atoms with Crippen molar-refractivity contribution >= 4 is 46.3 Å². The van der Waals surface area contributed by atoms with Crippen LogP contribution in [0.4, 0.5) is 0 Å². The van der Waals surface area contributed by atoms with Crippen LogP contribution in [0.3, 0.4) is 0 Å². The summed E-state index contributed by atoms with van der Waals surface area (Å²) in [6, 6.07) is 13.0. The number of carbonyl (C=O) groups excluding carboxylic acids is 1. The van der Waals surface area contributed by atoms with Gasteiger partial charge in [0.15, 0.2) is 11.5 Å². The maximum atomic E-state index is 12.9. The Bertz CT molecular complexity index is 1050. The summed E-state index contributed by atoms with van der Waals surface area (Å²) in [7, 11) is 1.62. The Labute approximate surface area is 202 Å². The highest BCUT2D eigenvalue weighted by atomic mass is 32.2. The van der Waals surface area contributed by atoms with Gasteiger partial charge in [-0.3, -0.25) is 14.5 Å². The van der Waals surface area contributed by atoms with E-state index in [1.54, 1.807) is 36.3 Å². The summed E-state index contributed by atoms with van der Waals surface area (Å²) in [5, 5.41) is 8.79. The van der Waals surface area contributed by atoms with Gasteiger partial charge < -0.3 is 19.3 Å². The van der Waals surface area contributed by atoms with Gasteiger partial charge in [0.1, 0.15) is 10.1 Å². The number of ether oxygens (including phenoxy) is 3. The van der Waals surface area contributed by atoms with Crippen LogP contribution in [0.25, 0.3) is 6.08 Å². The van der Waals surface area contributed by atoms with Crippen LogP contribution in [0.5, 0.6) is 17.2 Å². The molecule has 1 amide bonds. The van der Waals surface area contributed by atoms with Gasteiger partial charge in [-0.2, -0.15) is 0 Å². The van der Waals surface area contributed by atoms with E-state index in [4.69, 9.17) is 31.5 Å². The predicted octanol–water partition coefficient (Wildman–Crippen LogP) is 4.39. The third kappa shape index (κ3) is 6.72. The Balaban J connectivity index is 1.69. The smallest absolute Gasteiger partial charge is 0.306 e. The van der Waals surface area contributed by atoms with E-state index in [0.29, 0.717) is 40.3 Å². The monoisotopic (exact) mass is 487 g/mol. The summed E-state index contributed by atoms with van der Waals surface area (Å²) < 4.78 is 16.9. The summed E-state index contributed by atoms with van der Waals surface area (Å²) in [6.07, 6.45) is 2.35. The number of aliphatic carboxylic acids is 1. The fourth-order valence-corrected chi connectivity index (χ4v) is 4.44. The Hall–Kier alpha value is -3.04. The first-order valence-electron chi connectivity index (χ1n) is 10.4. The lowest BCUT2D eigenvalue weighted by Crippen LogP contribution is -2.30. The molecule has 0 unspecified atom stereocenters. The second-order valence-electron chi connectivity index (χ2n) is 7.06. The number of rotatable bonds is 11. The maximum absolute atomic E-state index is 12.9. The first kappa shape index (κ1) is 24.6. The zero-order chi connectivity index (χ0) is 23.8. The van der Waals surface area contributed by atoms with Crippen molar-refractivity contribution in [3.8, 4) is 17.2 Å². The van der Waals surface area contributed by atoms with Gasteiger partial charge in [-0.15, -0.1) is 0 Å². The number of hydrogen-bond acceptors (Lipinski definition) is 7. The number of carboxylic acids is 1. The van der Waals surface area contributed by atoms with Crippen molar-refractivity contribution in [3.05, 3.63) is 58.5 Å². The third-order valence-electron chi connectivity index (χ3n) is 4.80. The van der Waals surface area contributed by atoms with E-state index in [1.165, 1.54) is 11.8 Å². The fourth-order valence-electron chi connectivity index (χ4n) is 3.13.